The van der Waals surface area contributed by atoms with Crippen LogP contribution in [0.2, 0.25) is 5.02 Å². The van der Waals surface area contributed by atoms with Gasteiger partial charge in [0, 0.05) is 15.1 Å². The zero-order chi connectivity index (χ0) is 14.0. The van der Waals surface area contributed by atoms with E-state index in [-0.39, 0.29) is 0 Å². The molecular formula is C13H10BrClF2N2. The molecule has 0 aliphatic carbocycles. The summed E-state index contributed by atoms with van der Waals surface area (Å²) in [6, 6.07) is 7.70. The van der Waals surface area contributed by atoms with Gasteiger partial charge in [-0.05, 0) is 35.9 Å². The van der Waals surface area contributed by atoms with Gasteiger partial charge in [0.2, 0.25) is 0 Å². The Labute approximate surface area is 122 Å². The lowest BCUT2D eigenvalue weighted by atomic mass is 9.98. The standard InChI is InChI=1S/C13H10BrClF2N2/c14-7-1-3-9(12(17)5-7)13(19-18)10-6-8(16)2-4-11(10)15/h1-6,13,19H,18H2. The molecule has 0 spiro atoms. The first-order valence-corrected chi connectivity index (χ1v) is 6.56. The van der Waals surface area contributed by atoms with Crippen LogP contribution >= 0.6 is 27.5 Å². The highest BCUT2D eigenvalue weighted by atomic mass is 79.9. The van der Waals surface area contributed by atoms with Crippen molar-refractivity contribution in [3.8, 4) is 0 Å². The molecule has 2 rings (SSSR count). The molecule has 0 bridgehead atoms. The van der Waals surface area contributed by atoms with Gasteiger partial charge in [-0.3, -0.25) is 5.84 Å². The molecule has 2 aromatic rings. The fourth-order valence-corrected chi connectivity index (χ4v) is 2.38. The van der Waals surface area contributed by atoms with Gasteiger partial charge in [-0.15, -0.1) is 0 Å². The summed E-state index contributed by atoms with van der Waals surface area (Å²) in [6.07, 6.45) is 0. The third-order valence-corrected chi connectivity index (χ3v) is 3.55. The van der Waals surface area contributed by atoms with Crippen molar-refractivity contribution in [2.24, 2.45) is 5.84 Å². The maximum atomic E-state index is 13.9. The molecule has 0 amide bonds. The van der Waals surface area contributed by atoms with Crippen molar-refractivity contribution < 1.29 is 8.78 Å². The van der Waals surface area contributed by atoms with Gasteiger partial charge in [0.05, 0.1) is 6.04 Å². The lowest BCUT2D eigenvalue weighted by molar-refractivity contribution is 0.555. The predicted molar refractivity (Wildman–Crippen MR) is 74.7 cm³/mol. The van der Waals surface area contributed by atoms with Crippen molar-refractivity contribution in [1.29, 1.82) is 0 Å². The van der Waals surface area contributed by atoms with Crippen molar-refractivity contribution in [1.82, 2.24) is 5.43 Å². The van der Waals surface area contributed by atoms with Crippen LogP contribution < -0.4 is 11.3 Å². The Morgan fingerprint density at radius 1 is 1.11 bits per heavy atom. The van der Waals surface area contributed by atoms with E-state index in [1.807, 2.05) is 0 Å². The molecule has 0 saturated carbocycles. The molecule has 3 N–H and O–H groups in total. The largest absolute Gasteiger partial charge is 0.271 e. The van der Waals surface area contributed by atoms with Crippen LogP contribution in [0.25, 0.3) is 0 Å². The SMILES string of the molecule is NNC(c1ccc(Br)cc1F)c1cc(F)ccc1Cl. The Kier molecular flexibility index (Phi) is 4.52. The topological polar surface area (TPSA) is 38.0 Å². The molecule has 0 aliphatic heterocycles. The third kappa shape index (κ3) is 3.12. The summed E-state index contributed by atoms with van der Waals surface area (Å²) in [7, 11) is 0. The summed E-state index contributed by atoms with van der Waals surface area (Å²) in [5, 5.41) is 0.312. The van der Waals surface area contributed by atoms with E-state index in [0.717, 1.165) is 0 Å². The molecule has 0 heterocycles. The Balaban J connectivity index is 2.52. The Morgan fingerprint density at radius 3 is 2.47 bits per heavy atom. The van der Waals surface area contributed by atoms with E-state index in [1.54, 1.807) is 12.1 Å². The van der Waals surface area contributed by atoms with Crippen LogP contribution in [0.3, 0.4) is 0 Å². The molecule has 1 unspecified atom stereocenters. The molecule has 100 valence electrons. The Hall–Kier alpha value is -1.01. The first-order valence-electron chi connectivity index (χ1n) is 5.39. The van der Waals surface area contributed by atoms with Gasteiger partial charge in [0.1, 0.15) is 11.6 Å². The van der Waals surface area contributed by atoms with E-state index < -0.39 is 17.7 Å². The minimum absolute atomic E-state index is 0.290. The maximum absolute atomic E-state index is 13.9. The summed E-state index contributed by atoms with van der Waals surface area (Å²) in [5.74, 6) is 4.53. The minimum Gasteiger partial charge on any atom is -0.271 e. The van der Waals surface area contributed by atoms with Crippen LogP contribution in [0.1, 0.15) is 17.2 Å². The number of hydrazine groups is 1. The molecule has 0 saturated heterocycles. The van der Waals surface area contributed by atoms with Crippen LogP contribution in [0.5, 0.6) is 0 Å². The summed E-state index contributed by atoms with van der Waals surface area (Å²) in [5.41, 5.74) is 3.13. The van der Waals surface area contributed by atoms with Gasteiger partial charge in [0.25, 0.3) is 0 Å². The Bertz CT molecular complexity index is 607. The first kappa shape index (κ1) is 14.4. The van der Waals surface area contributed by atoms with Crippen molar-refractivity contribution in [2.45, 2.75) is 6.04 Å². The van der Waals surface area contributed by atoms with Gasteiger partial charge in [-0.2, -0.15) is 0 Å². The van der Waals surface area contributed by atoms with E-state index in [0.29, 0.717) is 20.6 Å². The fourth-order valence-electron chi connectivity index (χ4n) is 1.82. The summed E-state index contributed by atoms with van der Waals surface area (Å²) in [4.78, 5) is 0. The minimum atomic E-state index is -0.726. The molecule has 0 aliphatic rings. The molecule has 0 fully saturated rings. The molecule has 2 aromatic carbocycles. The zero-order valence-corrected chi connectivity index (χ0v) is 12.0. The quantitative estimate of drug-likeness (QED) is 0.652. The van der Waals surface area contributed by atoms with Crippen LogP contribution in [-0.2, 0) is 0 Å². The highest BCUT2D eigenvalue weighted by Gasteiger charge is 2.19. The number of benzene rings is 2. The molecule has 0 aromatic heterocycles. The molecular weight excluding hydrogens is 338 g/mol. The van der Waals surface area contributed by atoms with Crippen LogP contribution in [0.4, 0.5) is 8.78 Å². The van der Waals surface area contributed by atoms with Crippen LogP contribution in [0, 0.1) is 11.6 Å². The average Bonchev–Trinajstić information content (AvgIpc) is 2.36. The van der Waals surface area contributed by atoms with E-state index in [1.165, 1.54) is 24.3 Å². The predicted octanol–water partition coefficient (Wildman–Crippen LogP) is 3.93. The van der Waals surface area contributed by atoms with Gasteiger partial charge < -0.3 is 0 Å². The lowest BCUT2D eigenvalue weighted by Crippen LogP contribution is -2.29. The molecule has 1 atom stereocenters. The number of hydrogen-bond acceptors (Lipinski definition) is 2. The van der Waals surface area contributed by atoms with Crippen molar-refractivity contribution in [2.75, 3.05) is 0 Å². The van der Waals surface area contributed by atoms with E-state index >= 15 is 0 Å². The van der Waals surface area contributed by atoms with Crippen molar-refractivity contribution in [3.63, 3.8) is 0 Å². The summed E-state index contributed by atoms with van der Waals surface area (Å²) in [6.45, 7) is 0. The Morgan fingerprint density at radius 2 is 1.84 bits per heavy atom. The normalized spacial score (nSPS) is 12.5. The zero-order valence-electron chi connectivity index (χ0n) is 9.63. The van der Waals surface area contributed by atoms with Crippen molar-refractivity contribution in [3.05, 3.63) is 68.7 Å². The summed E-state index contributed by atoms with van der Waals surface area (Å²) >= 11 is 9.18. The van der Waals surface area contributed by atoms with E-state index in [2.05, 4.69) is 21.4 Å². The number of nitrogens with one attached hydrogen (secondary N) is 1. The second-order valence-electron chi connectivity index (χ2n) is 3.93. The van der Waals surface area contributed by atoms with Crippen LogP contribution in [-0.4, -0.2) is 0 Å². The van der Waals surface area contributed by atoms with Gasteiger partial charge in [-0.1, -0.05) is 33.6 Å². The third-order valence-electron chi connectivity index (χ3n) is 2.71. The summed E-state index contributed by atoms with van der Waals surface area (Å²) < 4.78 is 27.8. The molecule has 6 heteroatoms. The van der Waals surface area contributed by atoms with Gasteiger partial charge in [0.15, 0.2) is 0 Å². The number of nitrogens with two attached hydrogens (primary N) is 1. The van der Waals surface area contributed by atoms with Crippen LogP contribution in [0.15, 0.2) is 40.9 Å². The molecule has 19 heavy (non-hydrogen) atoms. The number of halogens is 4. The van der Waals surface area contributed by atoms with Gasteiger partial charge >= 0.3 is 0 Å². The highest BCUT2D eigenvalue weighted by Crippen LogP contribution is 2.30. The second kappa shape index (κ2) is 5.96. The lowest BCUT2D eigenvalue weighted by Gasteiger charge is -2.19. The highest BCUT2D eigenvalue weighted by molar-refractivity contribution is 9.10. The smallest absolute Gasteiger partial charge is 0.129 e. The molecule has 2 nitrogen and oxygen atoms in total. The monoisotopic (exact) mass is 346 g/mol. The first-order chi connectivity index (χ1) is 9.02. The maximum Gasteiger partial charge on any atom is 0.129 e. The van der Waals surface area contributed by atoms with E-state index in [9.17, 15) is 8.78 Å². The van der Waals surface area contributed by atoms with Crippen molar-refractivity contribution >= 4 is 27.5 Å². The molecule has 0 radical (unpaired) electrons. The van der Waals surface area contributed by atoms with Gasteiger partial charge in [-0.25, -0.2) is 14.2 Å². The van der Waals surface area contributed by atoms with E-state index in [4.69, 9.17) is 17.4 Å². The second-order valence-corrected chi connectivity index (χ2v) is 5.25. The number of rotatable bonds is 3. The number of hydrogen-bond donors (Lipinski definition) is 2. The fraction of sp³-hybridized carbons (Fsp3) is 0.0769. The average molecular weight is 348 g/mol.